The van der Waals surface area contributed by atoms with Gasteiger partial charge in [-0.25, -0.2) is 0 Å². The summed E-state index contributed by atoms with van der Waals surface area (Å²) in [5.41, 5.74) is 1.87. The Morgan fingerprint density at radius 3 is 2.95 bits per heavy atom. The molecule has 8 heteroatoms. The molecule has 0 spiro atoms. The number of Topliss-reactive ketones (excluding diaryl/α,β-unsaturated/α-hetero) is 1. The molecule has 0 aliphatic carbocycles. The van der Waals surface area contributed by atoms with Gasteiger partial charge in [0, 0.05) is 11.4 Å². The first-order valence-corrected chi connectivity index (χ1v) is 7.93. The highest BCUT2D eigenvalue weighted by Crippen LogP contribution is 2.39. The fourth-order valence-corrected chi connectivity index (χ4v) is 3.79. The molecule has 2 bridgehead atoms. The number of rotatable bonds is 1. The van der Waals surface area contributed by atoms with E-state index < -0.39 is 6.29 Å². The molecule has 0 unspecified atom stereocenters. The first-order valence-electron chi connectivity index (χ1n) is 6.77. The maximum atomic E-state index is 12.0. The number of carbonyl (C=O) groups excluding carboxylic acids is 1. The van der Waals surface area contributed by atoms with Gasteiger partial charge in [-0.2, -0.15) is 0 Å². The molecule has 116 valence electrons. The van der Waals surface area contributed by atoms with Crippen LogP contribution in [0, 0.1) is 11.8 Å². The molecule has 2 aliphatic heterocycles. The zero-order chi connectivity index (χ0) is 15.6. The van der Waals surface area contributed by atoms with E-state index in [1.165, 1.54) is 0 Å². The number of nitrogens with zero attached hydrogens (tertiary/aromatic N) is 1. The Bertz CT molecular complexity index is 859. The predicted molar refractivity (Wildman–Crippen MR) is 83.1 cm³/mol. The predicted octanol–water partition coefficient (Wildman–Crippen LogP) is 3.83. The molecule has 4 rings (SSSR count). The largest absolute Gasteiger partial charge is 0.428 e. The van der Waals surface area contributed by atoms with Crippen molar-refractivity contribution in [3.05, 3.63) is 26.5 Å². The first-order chi connectivity index (χ1) is 10.5. The Labute approximate surface area is 140 Å². The molecule has 2 aliphatic rings. The summed E-state index contributed by atoms with van der Waals surface area (Å²) in [5, 5.41) is 0.946. The number of carbonyl (C=O) groups is 1. The molecule has 1 aromatic carbocycles. The third-order valence-electron chi connectivity index (χ3n) is 4.17. The van der Waals surface area contributed by atoms with Gasteiger partial charge in [-0.1, -0.05) is 23.2 Å². The Kier molecular flexibility index (Phi) is 3.36. The van der Waals surface area contributed by atoms with Crippen molar-refractivity contribution < 1.29 is 18.7 Å². The van der Waals surface area contributed by atoms with Crippen LogP contribution in [0.25, 0.3) is 11.1 Å². The molecule has 0 amide bonds. The number of benzene rings is 1. The van der Waals surface area contributed by atoms with Gasteiger partial charge in [-0.05, 0) is 30.8 Å². The van der Waals surface area contributed by atoms with Crippen LogP contribution < -0.4 is 0 Å². The van der Waals surface area contributed by atoms with Crippen molar-refractivity contribution in [2.45, 2.75) is 31.8 Å². The van der Waals surface area contributed by atoms with Crippen molar-refractivity contribution >= 4 is 52.3 Å². The Balaban J connectivity index is 1.94. The van der Waals surface area contributed by atoms with Crippen molar-refractivity contribution in [2.24, 2.45) is 0 Å². The summed E-state index contributed by atoms with van der Waals surface area (Å²) >= 11 is 17.8. The molecule has 1 aromatic heterocycles. The lowest BCUT2D eigenvalue weighted by Gasteiger charge is -2.27. The van der Waals surface area contributed by atoms with E-state index in [-0.39, 0.29) is 29.2 Å². The summed E-state index contributed by atoms with van der Waals surface area (Å²) in [6.45, 7) is 2.16. The van der Waals surface area contributed by atoms with Gasteiger partial charge >= 0.3 is 0 Å². The van der Waals surface area contributed by atoms with Crippen LogP contribution in [0.15, 0.2) is 10.5 Å². The van der Waals surface area contributed by atoms with Crippen molar-refractivity contribution in [1.82, 2.24) is 4.57 Å². The summed E-state index contributed by atoms with van der Waals surface area (Å²) in [4.78, 5) is 12.3. The summed E-state index contributed by atoms with van der Waals surface area (Å²) in [6.07, 6.45) is -0.710. The van der Waals surface area contributed by atoms with E-state index in [1.807, 2.05) is 6.92 Å². The second kappa shape index (κ2) is 5.04. The maximum absolute atomic E-state index is 12.0. The van der Waals surface area contributed by atoms with E-state index >= 15 is 0 Å². The highest BCUT2D eigenvalue weighted by Gasteiger charge is 2.45. The van der Waals surface area contributed by atoms with Crippen LogP contribution in [0.5, 0.6) is 0 Å². The van der Waals surface area contributed by atoms with Crippen molar-refractivity contribution in [3.63, 3.8) is 0 Å². The van der Waals surface area contributed by atoms with Crippen LogP contribution in [0.3, 0.4) is 0 Å². The summed E-state index contributed by atoms with van der Waals surface area (Å²) < 4.78 is 18.3. The number of aromatic nitrogens is 1. The minimum absolute atomic E-state index is 0.0979. The molecule has 0 N–H and O–H groups in total. The fraction of sp³-hybridized carbons (Fsp3) is 0.429. The van der Waals surface area contributed by atoms with Crippen LogP contribution in [-0.4, -0.2) is 29.4 Å². The molecule has 3 heterocycles. The van der Waals surface area contributed by atoms with Gasteiger partial charge in [0.1, 0.15) is 6.10 Å². The van der Waals surface area contributed by atoms with Crippen molar-refractivity contribution in [3.8, 4) is 0 Å². The average Bonchev–Trinajstić information content (AvgIpc) is 3.04. The number of fused-ring (bicyclic) bond motifs is 3. The lowest BCUT2D eigenvalue weighted by Crippen LogP contribution is -2.37. The SMILES string of the molecule is Cc1c(Cl)cc2c(oc(=S)n2[C@H]2CC(=O)[C@@H]3OC[C@@H]2O3)c1Cl. The van der Waals surface area contributed by atoms with Gasteiger partial charge in [0.2, 0.25) is 6.29 Å². The molecule has 2 saturated heterocycles. The topological polar surface area (TPSA) is 53.6 Å². The third-order valence-corrected chi connectivity index (χ3v) is 5.30. The number of oxazole rings is 1. The van der Waals surface area contributed by atoms with E-state index in [0.717, 1.165) is 5.56 Å². The van der Waals surface area contributed by atoms with Gasteiger partial charge < -0.3 is 13.9 Å². The van der Waals surface area contributed by atoms with E-state index in [0.29, 0.717) is 27.8 Å². The van der Waals surface area contributed by atoms with Gasteiger partial charge in [0.05, 0.1) is 23.2 Å². The van der Waals surface area contributed by atoms with Gasteiger partial charge in [-0.15, -0.1) is 0 Å². The number of halogens is 2. The maximum Gasteiger partial charge on any atom is 0.270 e. The number of hydrogen-bond acceptors (Lipinski definition) is 5. The number of hydrogen-bond donors (Lipinski definition) is 0. The number of ketones is 1. The second-order valence-electron chi connectivity index (χ2n) is 5.46. The minimum Gasteiger partial charge on any atom is -0.428 e. The monoisotopic (exact) mass is 359 g/mol. The van der Waals surface area contributed by atoms with Crippen LogP contribution in [0.4, 0.5) is 0 Å². The summed E-state index contributed by atoms with van der Waals surface area (Å²) in [6, 6.07) is 1.47. The fourth-order valence-electron chi connectivity index (χ4n) is 2.99. The Morgan fingerprint density at radius 2 is 2.18 bits per heavy atom. The Hall–Kier alpha value is -0.920. The van der Waals surface area contributed by atoms with E-state index in [1.54, 1.807) is 10.6 Å². The average molecular weight is 360 g/mol. The van der Waals surface area contributed by atoms with Gasteiger partial charge in [0.15, 0.2) is 11.4 Å². The zero-order valence-electron chi connectivity index (χ0n) is 11.5. The van der Waals surface area contributed by atoms with Gasteiger partial charge in [0.25, 0.3) is 4.84 Å². The van der Waals surface area contributed by atoms with E-state index in [4.69, 9.17) is 49.3 Å². The summed E-state index contributed by atoms with van der Waals surface area (Å²) in [7, 11) is 0. The lowest BCUT2D eigenvalue weighted by molar-refractivity contribution is -0.156. The molecule has 5 nitrogen and oxygen atoms in total. The highest BCUT2D eigenvalue weighted by molar-refractivity contribution is 7.71. The molecule has 3 atom stereocenters. The van der Waals surface area contributed by atoms with Crippen LogP contribution in [0.1, 0.15) is 18.0 Å². The molecular formula is C14H11Cl2NO4S. The zero-order valence-corrected chi connectivity index (χ0v) is 13.8. The smallest absolute Gasteiger partial charge is 0.270 e. The van der Waals surface area contributed by atoms with Crippen molar-refractivity contribution in [1.29, 1.82) is 0 Å². The standard InChI is InChI=1S/C14H11Cl2NO4S/c1-5-6(15)2-8-12(11(5)16)21-14(22)17(8)7-3-9(18)13-19-4-10(7)20-13/h2,7,10,13H,3-4H2,1H3/t7-,10-,13+/m0/s1. The third kappa shape index (κ3) is 1.98. The molecule has 0 saturated carbocycles. The van der Waals surface area contributed by atoms with Crippen molar-refractivity contribution in [2.75, 3.05) is 6.61 Å². The van der Waals surface area contributed by atoms with E-state index in [2.05, 4.69) is 0 Å². The first kappa shape index (κ1) is 14.7. The summed E-state index contributed by atoms with van der Waals surface area (Å²) in [5.74, 6) is -0.0979. The molecule has 2 fully saturated rings. The molecule has 2 aromatic rings. The van der Waals surface area contributed by atoms with Crippen LogP contribution >= 0.6 is 35.4 Å². The van der Waals surface area contributed by atoms with Crippen LogP contribution in [-0.2, 0) is 14.3 Å². The Morgan fingerprint density at radius 1 is 1.41 bits per heavy atom. The normalized spacial score (nSPS) is 27.8. The quantitative estimate of drug-likeness (QED) is 0.724. The minimum atomic E-state index is -0.747. The molecule has 22 heavy (non-hydrogen) atoms. The second-order valence-corrected chi connectivity index (χ2v) is 6.60. The van der Waals surface area contributed by atoms with Crippen LogP contribution in [0.2, 0.25) is 10.0 Å². The number of ether oxygens (including phenoxy) is 2. The van der Waals surface area contributed by atoms with E-state index in [9.17, 15) is 4.79 Å². The lowest BCUT2D eigenvalue weighted by atomic mass is 10.0. The molecule has 0 radical (unpaired) electrons. The highest BCUT2D eigenvalue weighted by atomic mass is 35.5. The van der Waals surface area contributed by atoms with Gasteiger partial charge in [-0.3, -0.25) is 9.36 Å². The molecular weight excluding hydrogens is 349 g/mol.